The van der Waals surface area contributed by atoms with E-state index in [9.17, 15) is 14.4 Å². The van der Waals surface area contributed by atoms with Crippen LogP contribution in [-0.2, 0) is 36.8 Å². The molecule has 0 radical (unpaired) electrons. The minimum absolute atomic E-state index is 0. The molecule has 0 amide bonds. The molecule has 1 saturated heterocycles. The summed E-state index contributed by atoms with van der Waals surface area (Å²) in [6.07, 6.45) is 3.11. The third kappa shape index (κ3) is 7.94. The second-order valence-electron chi connectivity index (χ2n) is 10.5. The van der Waals surface area contributed by atoms with E-state index in [-0.39, 0.29) is 42.7 Å². The van der Waals surface area contributed by atoms with Crippen molar-refractivity contribution in [2.75, 3.05) is 46.6 Å². The summed E-state index contributed by atoms with van der Waals surface area (Å²) < 4.78 is 27.5. The van der Waals surface area contributed by atoms with E-state index < -0.39 is 17.4 Å². The first-order chi connectivity index (χ1) is 17.5. The van der Waals surface area contributed by atoms with Crippen LogP contribution in [0.3, 0.4) is 0 Å². The average Bonchev–Trinajstić information content (AvgIpc) is 3.25. The summed E-state index contributed by atoms with van der Waals surface area (Å²) in [4.78, 5) is 39.8. The molecule has 0 bridgehead atoms. The molecular weight excluding hydrogens is 514 g/mol. The summed E-state index contributed by atoms with van der Waals surface area (Å²) in [5.74, 6) is -0.470. The lowest BCUT2D eigenvalue weighted by molar-refractivity contribution is -0.144. The van der Waals surface area contributed by atoms with E-state index >= 15 is 0 Å². The van der Waals surface area contributed by atoms with Crippen molar-refractivity contribution in [3.8, 4) is 11.5 Å². The molecule has 9 nitrogen and oxygen atoms in total. The molecule has 1 aromatic carbocycles. The van der Waals surface area contributed by atoms with E-state index in [2.05, 4.69) is 4.90 Å². The molecule has 1 aromatic rings. The molecule has 212 valence electrons. The lowest BCUT2D eigenvalue weighted by atomic mass is 9.93. The number of carbonyl (C=O) groups is 3. The highest BCUT2D eigenvalue weighted by atomic mass is 35.5. The highest BCUT2D eigenvalue weighted by molar-refractivity contribution is 5.99. The Bertz CT molecular complexity index is 1050. The predicted molar refractivity (Wildman–Crippen MR) is 144 cm³/mol. The van der Waals surface area contributed by atoms with Gasteiger partial charge in [-0.2, -0.15) is 0 Å². The molecule has 2 heterocycles. The van der Waals surface area contributed by atoms with E-state index in [1.807, 2.05) is 19.9 Å². The summed E-state index contributed by atoms with van der Waals surface area (Å²) in [6.45, 7) is 13.4. The average molecular weight is 554 g/mol. The van der Waals surface area contributed by atoms with Crippen molar-refractivity contribution in [2.24, 2.45) is 5.41 Å². The summed E-state index contributed by atoms with van der Waals surface area (Å²) in [5, 5.41) is 0. The van der Waals surface area contributed by atoms with Gasteiger partial charge < -0.3 is 23.7 Å². The number of esters is 3. The molecule has 0 saturated carbocycles. The van der Waals surface area contributed by atoms with Gasteiger partial charge in [0.15, 0.2) is 5.75 Å². The maximum atomic E-state index is 12.8. The standard InChI is InChI=1S/C28H39NO8.ClH/c1-18(8-10-22(30)35-16-13-29-11-14-34-15-12-29)7-9-20-24(33-6)19(2)21-17-36-26(31)23(21)25(20)37-27(32)28(3,4)5;/h7H,8-17H2,1-6H3;1H/b18-7+;. The van der Waals surface area contributed by atoms with Gasteiger partial charge in [-0.05, 0) is 53.0 Å². The van der Waals surface area contributed by atoms with Crippen molar-refractivity contribution in [2.45, 2.75) is 60.5 Å². The number of hydrogen-bond acceptors (Lipinski definition) is 9. The normalized spacial score (nSPS) is 15.8. The maximum absolute atomic E-state index is 12.8. The van der Waals surface area contributed by atoms with Gasteiger partial charge in [-0.1, -0.05) is 11.6 Å². The van der Waals surface area contributed by atoms with E-state index in [1.165, 1.54) is 0 Å². The van der Waals surface area contributed by atoms with Gasteiger partial charge >= 0.3 is 17.9 Å². The summed E-state index contributed by atoms with van der Waals surface area (Å²) in [5.41, 5.74) is 2.54. The van der Waals surface area contributed by atoms with E-state index in [0.717, 1.165) is 24.2 Å². The van der Waals surface area contributed by atoms with Gasteiger partial charge in [-0.15, -0.1) is 12.4 Å². The van der Waals surface area contributed by atoms with Crippen molar-refractivity contribution < 1.29 is 38.1 Å². The van der Waals surface area contributed by atoms with E-state index in [0.29, 0.717) is 56.1 Å². The number of carbonyl (C=O) groups excluding carboxylic acids is 3. The van der Waals surface area contributed by atoms with Gasteiger partial charge in [0.2, 0.25) is 0 Å². The zero-order chi connectivity index (χ0) is 27.2. The van der Waals surface area contributed by atoms with Crippen LogP contribution in [0, 0.1) is 12.3 Å². The Morgan fingerprint density at radius 3 is 2.42 bits per heavy atom. The predicted octanol–water partition coefficient (Wildman–Crippen LogP) is 4.19. The van der Waals surface area contributed by atoms with Gasteiger partial charge in [0.25, 0.3) is 0 Å². The second kappa shape index (κ2) is 14.0. The molecule has 0 atom stereocenters. The van der Waals surface area contributed by atoms with Crippen molar-refractivity contribution in [3.05, 3.63) is 33.9 Å². The Morgan fingerprint density at radius 1 is 1.11 bits per heavy atom. The Morgan fingerprint density at radius 2 is 1.79 bits per heavy atom. The number of benzene rings is 1. The van der Waals surface area contributed by atoms with Crippen LogP contribution >= 0.6 is 12.4 Å². The Balaban J connectivity index is 0.00000507. The monoisotopic (exact) mass is 553 g/mol. The van der Waals surface area contributed by atoms with Gasteiger partial charge in [0, 0.05) is 37.2 Å². The number of ether oxygens (including phenoxy) is 5. The second-order valence-corrected chi connectivity index (χ2v) is 10.5. The smallest absolute Gasteiger partial charge is 0.342 e. The lowest BCUT2D eigenvalue weighted by Gasteiger charge is -2.26. The molecular formula is C28H40ClNO8. The fourth-order valence-electron chi connectivity index (χ4n) is 4.23. The number of nitrogens with zero attached hydrogens (tertiary/aromatic N) is 1. The first-order valence-electron chi connectivity index (χ1n) is 12.8. The first kappa shape index (κ1) is 31.6. The summed E-state index contributed by atoms with van der Waals surface area (Å²) in [6, 6.07) is 0. The quantitative estimate of drug-likeness (QED) is 0.240. The number of allylic oxidation sites excluding steroid dienone is 2. The largest absolute Gasteiger partial charge is 0.496 e. The number of halogens is 1. The van der Waals surface area contributed by atoms with Crippen molar-refractivity contribution >= 4 is 30.3 Å². The Hall–Kier alpha value is -2.62. The molecule has 0 aliphatic carbocycles. The van der Waals surface area contributed by atoms with Crippen LogP contribution in [0.4, 0.5) is 0 Å². The number of rotatable bonds is 10. The van der Waals surface area contributed by atoms with E-state index in [1.54, 1.807) is 27.9 Å². The van der Waals surface area contributed by atoms with Crippen LogP contribution < -0.4 is 9.47 Å². The minimum atomic E-state index is -0.765. The van der Waals surface area contributed by atoms with Crippen molar-refractivity contribution in [1.29, 1.82) is 0 Å². The fraction of sp³-hybridized carbons (Fsp3) is 0.607. The first-order valence-corrected chi connectivity index (χ1v) is 12.8. The van der Waals surface area contributed by atoms with Crippen molar-refractivity contribution in [1.82, 2.24) is 4.90 Å². The zero-order valence-corrected chi connectivity index (χ0v) is 24.1. The van der Waals surface area contributed by atoms with E-state index in [4.69, 9.17) is 23.7 Å². The van der Waals surface area contributed by atoms with Crippen LogP contribution in [0.2, 0.25) is 0 Å². The SMILES string of the molecule is COc1c(C)c2c(c(OC(=O)C(C)(C)C)c1C/C=C(\C)CCC(=O)OCCN1CCOCC1)C(=O)OC2.Cl. The molecule has 38 heavy (non-hydrogen) atoms. The molecule has 2 aliphatic heterocycles. The van der Waals surface area contributed by atoms with Crippen molar-refractivity contribution in [3.63, 3.8) is 0 Å². The van der Waals surface area contributed by atoms with Gasteiger partial charge in [0.05, 0.1) is 25.7 Å². The molecule has 0 unspecified atom stereocenters. The van der Waals surface area contributed by atoms with Gasteiger partial charge in [-0.3, -0.25) is 14.5 Å². The molecule has 10 heteroatoms. The van der Waals surface area contributed by atoms with Crippen LogP contribution in [0.15, 0.2) is 11.6 Å². The number of methoxy groups -OCH3 is 1. The Kier molecular flexibility index (Phi) is 11.6. The third-order valence-corrected chi connectivity index (χ3v) is 6.59. The number of morpholine rings is 1. The molecule has 0 spiro atoms. The van der Waals surface area contributed by atoms with Crippen LogP contribution in [0.25, 0.3) is 0 Å². The lowest BCUT2D eigenvalue weighted by Crippen LogP contribution is -2.38. The maximum Gasteiger partial charge on any atom is 0.342 e. The number of cyclic esters (lactones) is 1. The minimum Gasteiger partial charge on any atom is -0.496 e. The van der Waals surface area contributed by atoms with Crippen LogP contribution in [0.1, 0.15) is 67.6 Å². The fourth-order valence-corrected chi connectivity index (χ4v) is 4.23. The van der Waals surface area contributed by atoms with Gasteiger partial charge in [0.1, 0.15) is 24.5 Å². The molecule has 0 N–H and O–H groups in total. The van der Waals surface area contributed by atoms with Crippen LogP contribution in [-0.4, -0.2) is 69.4 Å². The third-order valence-electron chi connectivity index (χ3n) is 6.59. The molecule has 1 fully saturated rings. The molecule has 0 aromatic heterocycles. The zero-order valence-electron chi connectivity index (χ0n) is 23.3. The Labute approximate surface area is 231 Å². The number of fused-ring (bicyclic) bond motifs is 1. The molecule has 2 aliphatic rings. The van der Waals surface area contributed by atoms with Gasteiger partial charge in [-0.25, -0.2) is 4.79 Å². The molecule has 3 rings (SSSR count). The summed E-state index contributed by atoms with van der Waals surface area (Å²) in [7, 11) is 1.55. The van der Waals surface area contributed by atoms with Crippen LogP contribution in [0.5, 0.6) is 11.5 Å². The highest BCUT2D eigenvalue weighted by Crippen LogP contribution is 2.43. The topological polar surface area (TPSA) is 101 Å². The summed E-state index contributed by atoms with van der Waals surface area (Å²) >= 11 is 0. The highest BCUT2D eigenvalue weighted by Gasteiger charge is 2.35. The number of hydrogen-bond donors (Lipinski definition) is 0.